The molecular formula is C18H25ClN2O2. The molecule has 3 heterocycles. The summed E-state index contributed by atoms with van der Waals surface area (Å²) in [6, 6.07) is 6.54. The monoisotopic (exact) mass is 336 g/mol. The van der Waals surface area contributed by atoms with E-state index in [1.54, 1.807) is 0 Å². The Kier molecular flexibility index (Phi) is 4.50. The molecule has 0 saturated carbocycles. The molecule has 1 aromatic carbocycles. The van der Waals surface area contributed by atoms with Crippen LogP contribution in [0.25, 0.3) is 0 Å². The molecule has 23 heavy (non-hydrogen) atoms. The predicted octanol–water partition coefficient (Wildman–Crippen LogP) is 2.84. The summed E-state index contributed by atoms with van der Waals surface area (Å²) in [5.74, 6) is 0.987. The number of ether oxygens (including phenoxy) is 2. The van der Waals surface area contributed by atoms with Crippen molar-refractivity contribution >= 4 is 11.6 Å². The van der Waals surface area contributed by atoms with Crippen molar-refractivity contribution in [3.63, 3.8) is 0 Å². The minimum Gasteiger partial charge on any atom is -0.492 e. The van der Waals surface area contributed by atoms with E-state index in [0.717, 1.165) is 75.8 Å². The first-order valence-electron chi connectivity index (χ1n) is 8.74. The Morgan fingerprint density at radius 2 is 2.09 bits per heavy atom. The van der Waals surface area contributed by atoms with Gasteiger partial charge in [-0.25, -0.2) is 0 Å². The van der Waals surface area contributed by atoms with Crippen LogP contribution in [0.1, 0.15) is 31.2 Å². The third kappa shape index (κ3) is 3.36. The zero-order valence-electron chi connectivity index (χ0n) is 13.5. The van der Waals surface area contributed by atoms with Crippen molar-refractivity contribution in [1.82, 2.24) is 10.2 Å². The number of hydrogen-bond donors (Lipinski definition) is 1. The van der Waals surface area contributed by atoms with Gasteiger partial charge in [-0.2, -0.15) is 0 Å². The van der Waals surface area contributed by atoms with E-state index in [9.17, 15) is 0 Å². The summed E-state index contributed by atoms with van der Waals surface area (Å²) in [5.41, 5.74) is 1.30. The summed E-state index contributed by atoms with van der Waals surface area (Å²) in [4.78, 5) is 2.58. The van der Waals surface area contributed by atoms with Crippen LogP contribution in [0.15, 0.2) is 18.2 Å². The van der Waals surface area contributed by atoms with E-state index in [1.807, 2.05) is 12.1 Å². The molecule has 4 nitrogen and oxygen atoms in total. The summed E-state index contributed by atoms with van der Waals surface area (Å²) in [5, 5.41) is 4.24. The van der Waals surface area contributed by atoms with Gasteiger partial charge in [-0.3, -0.25) is 4.90 Å². The molecule has 2 saturated heterocycles. The van der Waals surface area contributed by atoms with Gasteiger partial charge in [-0.05, 0) is 57.0 Å². The normalized spacial score (nSPS) is 28.0. The molecule has 0 radical (unpaired) electrons. The zero-order valence-corrected chi connectivity index (χ0v) is 14.3. The Labute approximate surface area is 143 Å². The molecule has 1 aromatic rings. The number of nitrogens with zero attached hydrogens (tertiary/aromatic N) is 1. The fourth-order valence-corrected chi connectivity index (χ4v) is 4.43. The maximum atomic E-state index is 6.23. The number of halogens is 1. The van der Waals surface area contributed by atoms with E-state index in [-0.39, 0.29) is 5.60 Å². The number of nitrogens with one attached hydrogen (secondary N) is 1. The van der Waals surface area contributed by atoms with Crippen LogP contribution in [0.3, 0.4) is 0 Å². The molecule has 126 valence electrons. The quantitative estimate of drug-likeness (QED) is 0.855. The fourth-order valence-electron chi connectivity index (χ4n) is 4.24. The Bertz CT molecular complexity index is 554. The third-order valence-electron chi connectivity index (χ3n) is 5.53. The lowest BCUT2D eigenvalue weighted by Crippen LogP contribution is -2.53. The number of piperidine rings is 1. The molecule has 1 spiro atoms. The maximum absolute atomic E-state index is 6.23. The number of rotatable bonds is 1. The zero-order chi connectivity index (χ0) is 15.7. The highest BCUT2D eigenvalue weighted by Crippen LogP contribution is 2.36. The molecule has 3 aliphatic heterocycles. The highest BCUT2D eigenvalue weighted by atomic mass is 35.5. The van der Waals surface area contributed by atoms with Gasteiger partial charge >= 0.3 is 0 Å². The van der Waals surface area contributed by atoms with Gasteiger partial charge in [-0.1, -0.05) is 11.6 Å². The van der Waals surface area contributed by atoms with E-state index in [0.29, 0.717) is 6.04 Å². The first kappa shape index (κ1) is 15.7. The Morgan fingerprint density at radius 3 is 2.96 bits per heavy atom. The molecule has 4 rings (SSSR count). The van der Waals surface area contributed by atoms with E-state index in [2.05, 4.69) is 16.3 Å². The highest BCUT2D eigenvalue weighted by molar-refractivity contribution is 6.30. The molecule has 0 amide bonds. The first-order chi connectivity index (χ1) is 11.2. The second kappa shape index (κ2) is 6.60. The number of hydrogen-bond acceptors (Lipinski definition) is 4. The van der Waals surface area contributed by atoms with Crippen LogP contribution in [0, 0.1) is 0 Å². The molecule has 2 fully saturated rings. The fraction of sp³-hybridized carbons (Fsp3) is 0.667. The van der Waals surface area contributed by atoms with Crippen molar-refractivity contribution in [3.8, 4) is 5.75 Å². The van der Waals surface area contributed by atoms with Crippen molar-refractivity contribution in [2.24, 2.45) is 0 Å². The van der Waals surface area contributed by atoms with Gasteiger partial charge in [0.2, 0.25) is 0 Å². The van der Waals surface area contributed by atoms with Crippen molar-refractivity contribution < 1.29 is 9.47 Å². The third-order valence-corrected chi connectivity index (χ3v) is 5.77. The summed E-state index contributed by atoms with van der Waals surface area (Å²) >= 11 is 6.18. The lowest BCUT2D eigenvalue weighted by molar-refractivity contribution is -0.121. The SMILES string of the molecule is Clc1ccc2c(c1)CN(C1CCOC3(CCNCC3)C1)CCO2. The predicted molar refractivity (Wildman–Crippen MR) is 91.2 cm³/mol. The Hall–Kier alpha value is -0.810. The average Bonchev–Trinajstić information content (AvgIpc) is 2.77. The van der Waals surface area contributed by atoms with E-state index in [1.165, 1.54) is 5.56 Å². The van der Waals surface area contributed by atoms with E-state index in [4.69, 9.17) is 21.1 Å². The van der Waals surface area contributed by atoms with Crippen LogP contribution in [-0.4, -0.2) is 49.4 Å². The summed E-state index contributed by atoms with van der Waals surface area (Å²) in [6.07, 6.45) is 4.53. The molecule has 0 aliphatic carbocycles. The highest BCUT2D eigenvalue weighted by Gasteiger charge is 2.40. The molecule has 5 heteroatoms. The van der Waals surface area contributed by atoms with Gasteiger partial charge in [0, 0.05) is 36.3 Å². The maximum Gasteiger partial charge on any atom is 0.123 e. The summed E-state index contributed by atoms with van der Waals surface area (Å²) in [7, 11) is 0. The Balaban J connectivity index is 1.51. The summed E-state index contributed by atoms with van der Waals surface area (Å²) < 4.78 is 12.1. The molecule has 1 unspecified atom stereocenters. The minimum atomic E-state index is 0.0957. The van der Waals surface area contributed by atoms with Crippen LogP contribution in [0.4, 0.5) is 0 Å². The second-order valence-electron chi connectivity index (χ2n) is 7.00. The first-order valence-corrected chi connectivity index (χ1v) is 9.12. The molecule has 0 bridgehead atoms. The molecule has 0 aromatic heterocycles. The van der Waals surface area contributed by atoms with Crippen LogP contribution < -0.4 is 10.1 Å². The van der Waals surface area contributed by atoms with Crippen LogP contribution in [-0.2, 0) is 11.3 Å². The van der Waals surface area contributed by atoms with Crippen molar-refractivity contribution in [3.05, 3.63) is 28.8 Å². The molecule has 1 N–H and O–H groups in total. The van der Waals surface area contributed by atoms with Crippen molar-refractivity contribution in [2.75, 3.05) is 32.8 Å². The van der Waals surface area contributed by atoms with Crippen LogP contribution in [0.2, 0.25) is 5.02 Å². The second-order valence-corrected chi connectivity index (χ2v) is 7.44. The van der Waals surface area contributed by atoms with E-state index < -0.39 is 0 Å². The molecular weight excluding hydrogens is 312 g/mol. The number of fused-ring (bicyclic) bond motifs is 1. The number of benzene rings is 1. The molecule has 3 aliphatic rings. The van der Waals surface area contributed by atoms with Gasteiger partial charge < -0.3 is 14.8 Å². The topological polar surface area (TPSA) is 33.7 Å². The summed E-state index contributed by atoms with van der Waals surface area (Å²) in [6.45, 7) is 5.69. The largest absolute Gasteiger partial charge is 0.492 e. The average molecular weight is 337 g/mol. The van der Waals surface area contributed by atoms with Gasteiger partial charge in [0.05, 0.1) is 5.60 Å². The van der Waals surface area contributed by atoms with Gasteiger partial charge in [0.1, 0.15) is 12.4 Å². The van der Waals surface area contributed by atoms with Crippen LogP contribution >= 0.6 is 11.6 Å². The smallest absolute Gasteiger partial charge is 0.123 e. The lowest BCUT2D eigenvalue weighted by Gasteiger charge is -2.46. The Morgan fingerprint density at radius 1 is 1.22 bits per heavy atom. The molecule has 1 atom stereocenters. The van der Waals surface area contributed by atoms with Gasteiger partial charge in [0.25, 0.3) is 0 Å². The van der Waals surface area contributed by atoms with Gasteiger partial charge in [-0.15, -0.1) is 0 Å². The lowest BCUT2D eigenvalue weighted by atomic mass is 9.82. The van der Waals surface area contributed by atoms with E-state index >= 15 is 0 Å². The minimum absolute atomic E-state index is 0.0957. The van der Waals surface area contributed by atoms with Crippen molar-refractivity contribution in [1.29, 1.82) is 0 Å². The van der Waals surface area contributed by atoms with Gasteiger partial charge in [0.15, 0.2) is 0 Å². The van der Waals surface area contributed by atoms with Crippen molar-refractivity contribution in [2.45, 2.75) is 43.9 Å². The van der Waals surface area contributed by atoms with Crippen LogP contribution in [0.5, 0.6) is 5.75 Å². The standard InChI is InChI=1S/C18H25ClN2O2/c19-15-1-2-17-14(11-15)13-21(8-10-22-17)16-3-9-23-18(12-16)4-6-20-7-5-18/h1-2,11,16,20H,3-10,12-13H2.